The van der Waals surface area contributed by atoms with Crippen molar-refractivity contribution in [2.45, 2.75) is 12.6 Å². The van der Waals surface area contributed by atoms with Crippen LogP contribution in [0.15, 0.2) is 60.1 Å². The molecule has 1 aliphatic heterocycles. The Kier molecular flexibility index (Phi) is 4.91. The van der Waals surface area contributed by atoms with E-state index in [1.54, 1.807) is 17.4 Å². The Morgan fingerprint density at radius 1 is 1.14 bits per heavy atom. The minimum absolute atomic E-state index is 0.137. The van der Waals surface area contributed by atoms with Crippen molar-refractivity contribution in [1.82, 2.24) is 20.0 Å². The number of halogens is 1. The van der Waals surface area contributed by atoms with E-state index < -0.39 is 0 Å². The molecule has 0 bridgehead atoms. The zero-order chi connectivity index (χ0) is 19.8. The average molecular weight is 407 g/mol. The number of likely N-dealkylation sites (N-methyl/N-ethyl adjacent to an activating group) is 1. The van der Waals surface area contributed by atoms with E-state index in [1.165, 1.54) is 4.88 Å². The normalized spacial score (nSPS) is 18.5. The maximum atomic E-state index is 14.7. The van der Waals surface area contributed by atoms with Crippen LogP contribution in [-0.2, 0) is 6.54 Å². The van der Waals surface area contributed by atoms with E-state index in [1.807, 2.05) is 24.4 Å². The number of benzene rings is 2. The molecule has 6 heteroatoms. The summed E-state index contributed by atoms with van der Waals surface area (Å²) in [7, 11) is 2.16. The van der Waals surface area contributed by atoms with Crippen molar-refractivity contribution >= 4 is 22.2 Å². The molecule has 1 atom stereocenters. The van der Waals surface area contributed by atoms with Crippen LogP contribution in [0, 0.1) is 5.82 Å². The van der Waals surface area contributed by atoms with Gasteiger partial charge in [-0.1, -0.05) is 18.2 Å². The number of aromatic nitrogens is 2. The molecule has 0 radical (unpaired) electrons. The standard InChI is InChI=1S/C23H23FN4S/c1-27-8-9-28(22(15-27)23-3-2-10-29-23)14-19-12-16(4-6-20(19)24)17-5-7-21-18(11-17)13-25-26-21/h2-7,10-13,22H,8-9,14-15H2,1H3,(H,25,26). The molecule has 2 aromatic carbocycles. The van der Waals surface area contributed by atoms with Gasteiger partial charge in [-0.05, 0) is 53.9 Å². The van der Waals surface area contributed by atoms with Crippen molar-refractivity contribution in [1.29, 1.82) is 0 Å². The third-order valence-electron chi connectivity index (χ3n) is 5.76. The molecule has 3 heterocycles. The quantitative estimate of drug-likeness (QED) is 0.523. The zero-order valence-electron chi connectivity index (χ0n) is 16.3. The number of piperazine rings is 1. The highest BCUT2D eigenvalue weighted by atomic mass is 32.1. The molecular weight excluding hydrogens is 383 g/mol. The lowest BCUT2D eigenvalue weighted by Crippen LogP contribution is -2.46. The van der Waals surface area contributed by atoms with Crippen LogP contribution in [-0.4, -0.2) is 46.7 Å². The minimum Gasteiger partial charge on any atom is -0.303 e. The fraction of sp³-hybridized carbons (Fsp3) is 0.261. The van der Waals surface area contributed by atoms with Crippen molar-refractivity contribution in [2.75, 3.05) is 26.7 Å². The van der Waals surface area contributed by atoms with Gasteiger partial charge in [0.2, 0.25) is 0 Å². The van der Waals surface area contributed by atoms with Crippen molar-refractivity contribution in [2.24, 2.45) is 0 Å². The number of hydrogen-bond donors (Lipinski definition) is 1. The average Bonchev–Trinajstić information content (AvgIpc) is 3.42. The second-order valence-electron chi connectivity index (χ2n) is 7.74. The third kappa shape index (κ3) is 3.71. The summed E-state index contributed by atoms with van der Waals surface area (Å²) in [6.07, 6.45) is 1.82. The lowest BCUT2D eigenvalue weighted by molar-refractivity contribution is 0.0844. The van der Waals surface area contributed by atoms with E-state index in [4.69, 9.17) is 0 Å². The number of nitrogens with zero attached hydrogens (tertiary/aromatic N) is 3. The molecule has 4 nitrogen and oxygen atoms in total. The maximum Gasteiger partial charge on any atom is 0.127 e. The van der Waals surface area contributed by atoms with Gasteiger partial charge in [-0.2, -0.15) is 5.10 Å². The van der Waals surface area contributed by atoms with Gasteiger partial charge in [0, 0.05) is 42.0 Å². The zero-order valence-corrected chi connectivity index (χ0v) is 17.1. The first-order valence-corrected chi connectivity index (χ1v) is 10.7. The van der Waals surface area contributed by atoms with Crippen LogP contribution in [0.25, 0.3) is 22.0 Å². The third-order valence-corrected chi connectivity index (χ3v) is 6.73. The summed E-state index contributed by atoms with van der Waals surface area (Å²) < 4.78 is 14.7. The summed E-state index contributed by atoms with van der Waals surface area (Å²) in [6.45, 7) is 3.52. The van der Waals surface area contributed by atoms with Crippen LogP contribution in [0.2, 0.25) is 0 Å². The molecule has 29 heavy (non-hydrogen) atoms. The first kappa shape index (κ1) is 18.5. The second kappa shape index (κ2) is 7.71. The molecular formula is C23H23FN4S. The van der Waals surface area contributed by atoms with Gasteiger partial charge < -0.3 is 4.90 Å². The molecule has 5 rings (SSSR count). The fourth-order valence-electron chi connectivity index (χ4n) is 4.11. The second-order valence-corrected chi connectivity index (χ2v) is 8.72. The summed E-state index contributed by atoms with van der Waals surface area (Å²) in [5, 5.41) is 10.2. The number of rotatable bonds is 4. The van der Waals surface area contributed by atoms with Crippen LogP contribution in [0.4, 0.5) is 4.39 Å². The van der Waals surface area contributed by atoms with Crippen molar-refractivity contribution in [3.63, 3.8) is 0 Å². The summed E-state index contributed by atoms with van der Waals surface area (Å²) in [5.74, 6) is -0.137. The highest BCUT2D eigenvalue weighted by Gasteiger charge is 2.28. The predicted octanol–water partition coefficient (Wildman–Crippen LogP) is 4.92. The SMILES string of the molecule is CN1CCN(Cc2cc(-c3ccc4[nH]ncc4c3)ccc2F)C(c2cccs2)C1. The highest BCUT2D eigenvalue weighted by Crippen LogP contribution is 2.31. The van der Waals surface area contributed by atoms with E-state index in [-0.39, 0.29) is 5.82 Å². The Hall–Kier alpha value is -2.54. The van der Waals surface area contributed by atoms with Crippen molar-refractivity contribution in [3.8, 4) is 11.1 Å². The summed E-state index contributed by atoms with van der Waals surface area (Å²) in [4.78, 5) is 6.11. The molecule has 0 spiro atoms. The highest BCUT2D eigenvalue weighted by molar-refractivity contribution is 7.10. The number of fused-ring (bicyclic) bond motifs is 1. The molecule has 1 saturated heterocycles. The van der Waals surface area contributed by atoms with Gasteiger partial charge in [0.1, 0.15) is 5.82 Å². The van der Waals surface area contributed by atoms with Gasteiger partial charge in [-0.3, -0.25) is 10.00 Å². The van der Waals surface area contributed by atoms with Gasteiger partial charge in [-0.25, -0.2) is 4.39 Å². The van der Waals surface area contributed by atoms with Crippen LogP contribution in [0.5, 0.6) is 0 Å². The Morgan fingerprint density at radius 2 is 2.00 bits per heavy atom. The predicted molar refractivity (Wildman–Crippen MR) is 116 cm³/mol. The van der Waals surface area contributed by atoms with Gasteiger partial charge in [0.05, 0.1) is 17.8 Å². The molecule has 1 unspecified atom stereocenters. The van der Waals surface area contributed by atoms with Crippen molar-refractivity contribution in [3.05, 3.63) is 76.4 Å². The minimum atomic E-state index is -0.137. The molecule has 148 valence electrons. The number of hydrogen-bond acceptors (Lipinski definition) is 4. The number of H-pyrrole nitrogens is 1. The smallest absolute Gasteiger partial charge is 0.127 e. The molecule has 0 amide bonds. The topological polar surface area (TPSA) is 35.2 Å². The fourth-order valence-corrected chi connectivity index (χ4v) is 4.97. The Labute approximate surface area is 173 Å². The Bertz CT molecular complexity index is 1120. The molecule has 4 aromatic rings. The summed E-state index contributed by atoms with van der Waals surface area (Å²) >= 11 is 1.78. The van der Waals surface area contributed by atoms with Crippen LogP contribution in [0.3, 0.4) is 0 Å². The van der Waals surface area contributed by atoms with E-state index >= 15 is 0 Å². The number of nitrogens with one attached hydrogen (secondary N) is 1. The van der Waals surface area contributed by atoms with Gasteiger partial charge in [-0.15, -0.1) is 11.3 Å². The molecule has 2 aromatic heterocycles. The number of thiophene rings is 1. The first-order chi connectivity index (χ1) is 14.2. The van der Waals surface area contributed by atoms with Crippen LogP contribution < -0.4 is 0 Å². The summed E-state index contributed by atoms with van der Waals surface area (Å²) in [6, 6.07) is 16.2. The molecule has 1 fully saturated rings. The molecule has 1 aliphatic rings. The maximum absolute atomic E-state index is 14.7. The van der Waals surface area contributed by atoms with Crippen LogP contribution in [0.1, 0.15) is 16.5 Å². The molecule has 0 saturated carbocycles. The van der Waals surface area contributed by atoms with Gasteiger partial charge in [0.25, 0.3) is 0 Å². The lowest BCUT2D eigenvalue weighted by atomic mass is 10.0. The van der Waals surface area contributed by atoms with E-state index in [2.05, 4.69) is 56.7 Å². The largest absolute Gasteiger partial charge is 0.303 e. The lowest BCUT2D eigenvalue weighted by Gasteiger charge is -2.39. The monoisotopic (exact) mass is 406 g/mol. The number of aromatic amines is 1. The Balaban J connectivity index is 1.45. The van der Waals surface area contributed by atoms with E-state index in [9.17, 15) is 4.39 Å². The van der Waals surface area contributed by atoms with E-state index in [0.29, 0.717) is 12.6 Å². The van der Waals surface area contributed by atoms with Gasteiger partial charge >= 0.3 is 0 Å². The molecule has 0 aliphatic carbocycles. The van der Waals surface area contributed by atoms with Crippen LogP contribution >= 0.6 is 11.3 Å². The van der Waals surface area contributed by atoms with E-state index in [0.717, 1.165) is 47.2 Å². The Morgan fingerprint density at radius 3 is 2.86 bits per heavy atom. The first-order valence-electron chi connectivity index (χ1n) is 9.85. The summed E-state index contributed by atoms with van der Waals surface area (Å²) in [5.41, 5.74) is 3.87. The molecule has 1 N–H and O–H groups in total. The van der Waals surface area contributed by atoms with Crippen molar-refractivity contribution < 1.29 is 4.39 Å². The van der Waals surface area contributed by atoms with Gasteiger partial charge in [0.15, 0.2) is 0 Å².